The van der Waals surface area contributed by atoms with Crippen LogP contribution in [-0.2, 0) is 4.79 Å². The first-order chi connectivity index (χ1) is 10.5. The van der Waals surface area contributed by atoms with E-state index in [1.807, 2.05) is 37.9 Å². The molecule has 1 unspecified atom stereocenters. The monoisotopic (exact) mass is 339 g/mol. The van der Waals surface area contributed by atoms with Gasteiger partial charge in [0, 0.05) is 25.6 Å². The Balaban J connectivity index is 0.00000264. The maximum absolute atomic E-state index is 12.7. The molecule has 0 radical (unpaired) electrons. The molecule has 0 aromatic heterocycles. The molecule has 1 aromatic carbocycles. The van der Waals surface area contributed by atoms with Crippen molar-refractivity contribution in [2.24, 2.45) is 5.92 Å². The fraction of sp³-hybridized carbons (Fsp3) is 0.529. The van der Waals surface area contributed by atoms with Crippen LogP contribution in [0.5, 0.6) is 0 Å². The Hall–Kier alpha value is -1.59. The van der Waals surface area contributed by atoms with E-state index in [1.165, 1.54) is 0 Å². The lowest BCUT2D eigenvalue weighted by atomic mass is 10.0. The molecule has 5 nitrogen and oxygen atoms in total. The highest BCUT2D eigenvalue weighted by molar-refractivity contribution is 6.05. The molecule has 1 fully saturated rings. The van der Waals surface area contributed by atoms with Crippen molar-refractivity contribution in [3.63, 3.8) is 0 Å². The average molecular weight is 340 g/mol. The molecule has 1 heterocycles. The van der Waals surface area contributed by atoms with Crippen LogP contribution in [0.3, 0.4) is 0 Å². The van der Waals surface area contributed by atoms with Gasteiger partial charge in [0.15, 0.2) is 0 Å². The minimum absolute atomic E-state index is 0. The Bertz CT molecular complexity index is 557. The summed E-state index contributed by atoms with van der Waals surface area (Å²) in [5.41, 5.74) is 2.13. The number of carbonyl (C=O) groups excluding carboxylic acids is 2. The van der Waals surface area contributed by atoms with Crippen LogP contribution in [0.15, 0.2) is 18.2 Å². The number of nitrogens with one attached hydrogen (secondary N) is 2. The van der Waals surface area contributed by atoms with Crippen molar-refractivity contribution in [1.29, 1.82) is 0 Å². The zero-order valence-electron chi connectivity index (χ0n) is 14.0. The molecule has 0 spiro atoms. The summed E-state index contributed by atoms with van der Waals surface area (Å²) in [5, 5.41) is 5.91. The Morgan fingerprint density at radius 2 is 1.91 bits per heavy atom. The summed E-state index contributed by atoms with van der Waals surface area (Å²) in [6.45, 7) is 5.99. The summed E-state index contributed by atoms with van der Waals surface area (Å²) < 4.78 is 0. The molecule has 2 amide bonds. The summed E-state index contributed by atoms with van der Waals surface area (Å²) in [4.78, 5) is 26.8. The molecule has 2 rings (SSSR count). The first kappa shape index (κ1) is 19.5. The Morgan fingerprint density at radius 1 is 1.26 bits per heavy atom. The second kappa shape index (κ2) is 8.89. The lowest BCUT2D eigenvalue weighted by molar-refractivity contribution is -0.119. The van der Waals surface area contributed by atoms with E-state index in [0.717, 1.165) is 31.5 Å². The van der Waals surface area contributed by atoms with Gasteiger partial charge in [-0.05, 0) is 38.4 Å². The highest BCUT2D eigenvalue weighted by atomic mass is 35.5. The average Bonchev–Trinajstić information content (AvgIpc) is 3.01. The van der Waals surface area contributed by atoms with Crippen LogP contribution >= 0.6 is 12.4 Å². The third kappa shape index (κ3) is 4.69. The van der Waals surface area contributed by atoms with Crippen LogP contribution in [0.1, 0.15) is 35.7 Å². The van der Waals surface area contributed by atoms with Crippen LogP contribution < -0.4 is 10.6 Å². The van der Waals surface area contributed by atoms with Crippen molar-refractivity contribution in [3.05, 3.63) is 29.3 Å². The maximum Gasteiger partial charge on any atom is 0.256 e. The van der Waals surface area contributed by atoms with E-state index in [2.05, 4.69) is 10.6 Å². The normalized spacial score (nSPS) is 15.0. The van der Waals surface area contributed by atoms with Crippen LogP contribution in [0, 0.1) is 12.8 Å². The smallest absolute Gasteiger partial charge is 0.256 e. The van der Waals surface area contributed by atoms with E-state index in [-0.39, 0.29) is 30.1 Å². The maximum atomic E-state index is 12.7. The summed E-state index contributed by atoms with van der Waals surface area (Å²) in [6, 6.07) is 5.59. The summed E-state index contributed by atoms with van der Waals surface area (Å²) in [6.07, 6.45) is 2.11. The standard InChI is InChI=1S/C17H25N3O2.ClH/c1-12-7-6-8-14(19-16(21)13(2)11-18-3)15(12)17(22)20-9-4-5-10-20;/h6-8,13,18H,4-5,9-11H2,1-3H3,(H,19,21);1H. The zero-order valence-corrected chi connectivity index (χ0v) is 14.8. The van der Waals surface area contributed by atoms with E-state index in [4.69, 9.17) is 0 Å². The molecule has 0 saturated carbocycles. The molecule has 2 N–H and O–H groups in total. The van der Waals surface area contributed by atoms with Crippen molar-refractivity contribution in [1.82, 2.24) is 10.2 Å². The number of hydrogen-bond acceptors (Lipinski definition) is 3. The largest absolute Gasteiger partial charge is 0.339 e. The molecular formula is C17H26ClN3O2. The number of carbonyl (C=O) groups is 2. The molecule has 0 bridgehead atoms. The third-order valence-corrected chi connectivity index (χ3v) is 4.10. The molecule has 1 atom stereocenters. The zero-order chi connectivity index (χ0) is 16.1. The van der Waals surface area contributed by atoms with E-state index in [1.54, 1.807) is 6.07 Å². The van der Waals surface area contributed by atoms with Gasteiger partial charge >= 0.3 is 0 Å². The van der Waals surface area contributed by atoms with Crippen molar-refractivity contribution >= 4 is 29.9 Å². The van der Waals surface area contributed by atoms with Gasteiger partial charge in [0.1, 0.15) is 0 Å². The minimum atomic E-state index is -0.153. The van der Waals surface area contributed by atoms with E-state index < -0.39 is 0 Å². The predicted molar refractivity (Wildman–Crippen MR) is 95.3 cm³/mol. The third-order valence-electron chi connectivity index (χ3n) is 4.10. The number of anilines is 1. The van der Waals surface area contributed by atoms with Crippen molar-refractivity contribution in [2.45, 2.75) is 26.7 Å². The summed E-state index contributed by atoms with van der Waals surface area (Å²) in [5.74, 6) is -0.206. The number of nitrogens with zero attached hydrogens (tertiary/aromatic N) is 1. The molecule has 23 heavy (non-hydrogen) atoms. The van der Waals surface area contributed by atoms with Crippen molar-refractivity contribution in [2.75, 3.05) is 32.0 Å². The number of aryl methyl sites for hydroxylation is 1. The van der Waals surface area contributed by atoms with Gasteiger partial charge in [0.05, 0.1) is 11.3 Å². The van der Waals surface area contributed by atoms with Gasteiger partial charge < -0.3 is 15.5 Å². The molecule has 1 saturated heterocycles. The second-order valence-corrected chi connectivity index (χ2v) is 5.94. The molecule has 1 aromatic rings. The minimum Gasteiger partial charge on any atom is -0.339 e. The fourth-order valence-electron chi connectivity index (χ4n) is 2.79. The Morgan fingerprint density at radius 3 is 2.52 bits per heavy atom. The first-order valence-corrected chi connectivity index (χ1v) is 7.89. The van der Waals surface area contributed by atoms with Crippen molar-refractivity contribution in [3.8, 4) is 0 Å². The van der Waals surface area contributed by atoms with Gasteiger partial charge in [-0.1, -0.05) is 19.1 Å². The fourth-order valence-corrected chi connectivity index (χ4v) is 2.79. The van der Waals surface area contributed by atoms with Gasteiger partial charge in [-0.15, -0.1) is 12.4 Å². The highest BCUT2D eigenvalue weighted by Gasteiger charge is 2.24. The van der Waals surface area contributed by atoms with E-state index >= 15 is 0 Å². The van der Waals surface area contributed by atoms with Crippen molar-refractivity contribution < 1.29 is 9.59 Å². The highest BCUT2D eigenvalue weighted by Crippen LogP contribution is 2.24. The van der Waals surface area contributed by atoms with Gasteiger partial charge in [-0.2, -0.15) is 0 Å². The Labute approximate surface area is 144 Å². The topological polar surface area (TPSA) is 61.4 Å². The summed E-state index contributed by atoms with van der Waals surface area (Å²) in [7, 11) is 1.82. The van der Waals surface area contributed by atoms with Gasteiger partial charge in [0.25, 0.3) is 5.91 Å². The number of amides is 2. The first-order valence-electron chi connectivity index (χ1n) is 7.89. The Kier molecular flexibility index (Phi) is 7.52. The number of rotatable bonds is 5. The van der Waals surface area contributed by atoms with E-state index in [0.29, 0.717) is 17.8 Å². The lowest BCUT2D eigenvalue weighted by Crippen LogP contribution is -2.32. The van der Waals surface area contributed by atoms with Crippen LogP contribution in [0.25, 0.3) is 0 Å². The van der Waals surface area contributed by atoms with Crippen LogP contribution in [0.4, 0.5) is 5.69 Å². The number of benzene rings is 1. The predicted octanol–water partition coefficient (Wildman–Crippen LogP) is 2.45. The molecule has 1 aliphatic heterocycles. The lowest BCUT2D eigenvalue weighted by Gasteiger charge is -2.20. The summed E-state index contributed by atoms with van der Waals surface area (Å²) >= 11 is 0. The van der Waals surface area contributed by atoms with Gasteiger partial charge in [-0.25, -0.2) is 0 Å². The molecule has 128 valence electrons. The number of likely N-dealkylation sites (tertiary alicyclic amines) is 1. The van der Waals surface area contributed by atoms with Crippen LogP contribution in [0.2, 0.25) is 0 Å². The quantitative estimate of drug-likeness (QED) is 0.866. The SMILES string of the molecule is CNCC(C)C(=O)Nc1cccc(C)c1C(=O)N1CCCC1.Cl. The van der Waals surface area contributed by atoms with E-state index in [9.17, 15) is 9.59 Å². The van der Waals surface area contributed by atoms with Gasteiger partial charge in [-0.3, -0.25) is 9.59 Å². The number of hydrogen-bond donors (Lipinski definition) is 2. The second-order valence-electron chi connectivity index (χ2n) is 5.94. The molecular weight excluding hydrogens is 314 g/mol. The molecule has 0 aliphatic carbocycles. The van der Waals surface area contributed by atoms with Gasteiger partial charge in [0.2, 0.25) is 5.91 Å². The van der Waals surface area contributed by atoms with Crippen LogP contribution in [-0.4, -0.2) is 43.4 Å². The molecule has 1 aliphatic rings. The molecule has 6 heteroatoms. The number of halogens is 1.